The van der Waals surface area contributed by atoms with Crippen LogP contribution in [-0.2, 0) is 46.3 Å². The van der Waals surface area contributed by atoms with Crippen LogP contribution in [0.2, 0.25) is 0 Å². The largest absolute Gasteiger partial charge is 0.481 e. The van der Waals surface area contributed by atoms with Crippen LogP contribution in [0.25, 0.3) is 0 Å². The Morgan fingerprint density at radius 2 is 1.54 bits per heavy atom. The molecule has 0 amide bonds. The lowest BCUT2D eigenvalue weighted by atomic mass is 9.82. The number of carbonyl (C=O) groups excluding carboxylic acids is 2. The highest BCUT2D eigenvalue weighted by atomic mass is 31.3. The van der Waals surface area contributed by atoms with Gasteiger partial charge in [0.1, 0.15) is 30.9 Å². The van der Waals surface area contributed by atoms with Crippen molar-refractivity contribution in [1.82, 2.24) is 9.55 Å². The van der Waals surface area contributed by atoms with Crippen LogP contribution in [0.15, 0.2) is 41.4 Å². The lowest BCUT2D eigenvalue weighted by molar-refractivity contribution is -0.194. The normalized spacial score (nSPS) is 30.8. The van der Waals surface area contributed by atoms with Gasteiger partial charge in [0.25, 0.3) is 0 Å². The quantitative estimate of drug-likeness (QED) is 0.0300. The number of anilines is 1. The van der Waals surface area contributed by atoms with Crippen LogP contribution in [0.1, 0.15) is 155 Å². The molecule has 0 aliphatic carbocycles. The SMILES string of the molecule is CCCCC[C@H](O)/C=C\[C@@H]1[C@H](O)[C@H](O)[C@H]2COP(=O)(O)OP(=O)(O)OC[C@@H](COC(=O)CCCCCCCCCCCC(C)C)OC(=O)CCCC=CC[C@H]([C@H](n3ccc(N)nc3=O)O2)[C@@H](O)C[C@H]1O. The minimum absolute atomic E-state index is 0.0819. The molecule has 1 aromatic rings. The molecular formula is C47H81N3O18P2. The number of aromatic nitrogens is 2. The van der Waals surface area contributed by atoms with Gasteiger partial charge in [-0.2, -0.15) is 9.29 Å². The van der Waals surface area contributed by atoms with Gasteiger partial charge in [-0.1, -0.05) is 122 Å². The summed E-state index contributed by atoms with van der Waals surface area (Å²) in [6.45, 7) is 3.75. The molecular weight excluding hydrogens is 956 g/mol. The fourth-order valence-corrected chi connectivity index (χ4v) is 10.4. The van der Waals surface area contributed by atoms with Crippen LogP contribution in [-0.4, -0.2) is 119 Å². The molecule has 0 radical (unpaired) electrons. The lowest BCUT2D eigenvalue weighted by Crippen LogP contribution is -2.52. The molecule has 2 unspecified atom stereocenters. The van der Waals surface area contributed by atoms with Gasteiger partial charge in [-0.15, -0.1) is 0 Å². The molecule has 1 saturated heterocycles. The van der Waals surface area contributed by atoms with Gasteiger partial charge in [0.15, 0.2) is 6.10 Å². The Hall–Kier alpha value is -2.88. The Bertz CT molecular complexity index is 1900. The van der Waals surface area contributed by atoms with E-state index in [0.717, 1.165) is 49.0 Å². The number of aliphatic hydroxyl groups excluding tert-OH is 5. The number of aliphatic hydroxyl groups is 5. The summed E-state index contributed by atoms with van der Waals surface area (Å²) in [5, 5.41) is 57.3. The van der Waals surface area contributed by atoms with Crippen LogP contribution in [0.4, 0.5) is 5.82 Å². The average Bonchev–Trinajstić information content (AvgIpc) is 3.28. The molecule has 12 atom stereocenters. The number of nitrogens with zero attached hydrogens (tertiary/aromatic N) is 2. The smallest absolute Gasteiger partial charge is 0.462 e. The minimum atomic E-state index is -5.70. The van der Waals surface area contributed by atoms with Crippen molar-refractivity contribution in [3.05, 3.63) is 47.1 Å². The van der Waals surface area contributed by atoms with E-state index in [2.05, 4.69) is 23.1 Å². The van der Waals surface area contributed by atoms with Gasteiger partial charge in [-0.05, 0) is 44.1 Å². The van der Waals surface area contributed by atoms with Gasteiger partial charge in [-0.3, -0.25) is 23.2 Å². The number of hydrogen-bond donors (Lipinski definition) is 8. The second-order valence-electron chi connectivity index (χ2n) is 18.8. The minimum Gasteiger partial charge on any atom is -0.462 e. The van der Waals surface area contributed by atoms with Crippen molar-refractivity contribution in [1.29, 1.82) is 0 Å². The number of ether oxygens (including phenoxy) is 3. The number of carbonyl (C=O) groups is 2. The predicted molar refractivity (Wildman–Crippen MR) is 258 cm³/mol. The Morgan fingerprint density at radius 3 is 2.20 bits per heavy atom. The van der Waals surface area contributed by atoms with E-state index in [1.165, 1.54) is 56.5 Å². The van der Waals surface area contributed by atoms with Gasteiger partial charge in [0.05, 0.1) is 37.6 Å². The van der Waals surface area contributed by atoms with E-state index >= 15 is 0 Å². The zero-order valence-electron chi connectivity index (χ0n) is 41.1. The molecule has 3 heterocycles. The fourth-order valence-electron chi connectivity index (χ4n) is 8.24. The van der Waals surface area contributed by atoms with Crippen LogP contribution in [0.3, 0.4) is 0 Å². The van der Waals surface area contributed by atoms with Crippen molar-refractivity contribution in [2.45, 2.75) is 198 Å². The number of nitrogens with two attached hydrogens (primary N) is 1. The van der Waals surface area contributed by atoms with E-state index in [0.29, 0.717) is 19.3 Å². The highest BCUT2D eigenvalue weighted by Gasteiger charge is 2.45. The number of unbranched alkanes of at least 4 members (excludes halogenated alkanes) is 10. The number of allylic oxidation sites excluding steroid dienone is 2. The zero-order valence-corrected chi connectivity index (χ0v) is 42.9. The Kier molecular flexibility index (Phi) is 28.4. The Labute approximate surface area is 412 Å². The third-order valence-electron chi connectivity index (χ3n) is 12.3. The maximum atomic E-state index is 13.3. The molecule has 0 saturated carbocycles. The molecule has 21 nitrogen and oxygen atoms in total. The van der Waals surface area contributed by atoms with E-state index in [1.807, 2.05) is 6.92 Å². The van der Waals surface area contributed by atoms with E-state index in [-0.39, 0.29) is 37.9 Å². The summed E-state index contributed by atoms with van der Waals surface area (Å²) in [7, 11) is -11.3. The van der Waals surface area contributed by atoms with Gasteiger partial charge < -0.3 is 55.3 Å². The van der Waals surface area contributed by atoms with E-state index in [1.54, 1.807) is 12.2 Å². The topological polar surface area (TPSA) is 326 Å². The molecule has 402 valence electrons. The highest BCUT2D eigenvalue weighted by Crippen LogP contribution is 2.60. The average molecular weight is 1040 g/mol. The number of esters is 2. The van der Waals surface area contributed by atoms with Crippen molar-refractivity contribution < 1.29 is 81.6 Å². The molecule has 2 aliphatic heterocycles. The first-order chi connectivity index (χ1) is 33.2. The van der Waals surface area contributed by atoms with Crippen molar-refractivity contribution in [3.8, 4) is 0 Å². The van der Waals surface area contributed by atoms with Crippen molar-refractivity contribution >= 4 is 33.4 Å². The standard InChI is InChI=1S/C47H81N3O18P2/c1-4-5-15-21-34(51)25-26-36-38(52)29-39(53)37-22-17-13-14-19-24-43(55)66-35(30-63-42(54)23-18-12-10-8-6-7-9-11-16-20-33(2)3)31-64-69(59,60)68-70(61,62)65-32-40(45(57)44(36)56)67-46(37)50-28-27-41(48)49-47(50)58/h13,17,25-28,33-40,44-46,51-53,56-57H,4-12,14-16,18-24,29-32H2,1-3H3,(H,59,60)(H,61,62)(H2,48,49,58)/b17-13?,26-25-/t34-,35+,36-,37-,38+,39-,40+,44-,45+,46+/m0/s1. The lowest BCUT2D eigenvalue weighted by Gasteiger charge is -2.40. The molecule has 2 bridgehead atoms. The number of phosphoric ester groups is 2. The van der Waals surface area contributed by atoms with Crippen LogP contribution in [0, 0.1) is 17.8 Å². The van der Waals surface area contributed by atoms with Gasteiger partial charge in [-0.25, -0.2) is 13.9 Å². The number of phosphoric acid groups is 2. The number of hydrogen-bond acceptors (Lipinski definition) is 18. The summed E-state index contributed by atoms with van der Waals surface area (Å²) in [5.41, 5.74) is 4.77. The van der Waals surface area contributed by atoms with Gasteiger partial charge >= 0.3 is 33.3 Å². The summed E-state index contributed by atoms with van der Waals surface area (Å²) < 4.78 is 58.9. The summed E-state index contributed by atoms with van der Waals surface area (Å²) in [4.78, 5) is 64.0. The van der Waals surface area contributed by atoms with Crippen molar-refractivity contribution in [2.24, 2.45) is 17.8 Å². The van der Waals surface area contributed by atoms with Crippen LogP contribution < -0.4 is 11.4 Å². The monoisotopic (exact) mass is 1040 g/mol. The third-order valence-corrected chi connectivity index (χ3v) is 14.9. The molecule has 1 aromatic heterocycles. The first-order valence-electron chi connectivity index (χ1n) is 25.0. The Morgan fingerprint density at radius 1 is 0.900 bits per heavy atom. The third kappa shape index (κ3) is 23.8. The first-order valence-corrected chi connectivity index (χ1v) is 28.0. The van der Waals surface area contributed by atoms with Crippen molar-refractivity contribution in [3.63, 3.8) is 0 Å². The summed E-state index contributed by atoms with van der Waals surface area (Å²) >= 11 is 0. The fraction of sp³-hybridized carbons (Fsp3) is 0.787. The Balaban J connectivity index is 1.84. The van der Waals surface area contributed by atoms with E-state index in [9.17, 15) is 58.8 Å². The molecule has 0 spiro atoms. The van der Waals surface area contributed by atoms with E-state index < -0.39 is 120 Å². The van der Waals surface area contributed by atoms with Gasteiger partial charge in [0.2, 0.25) is 0 Å². The number of fused-ring (bicyclic) bond motifs is 3. The second kappa shape index (κ2) is 32.3. The second-order valence-corrected chi connectivity index (χ2v) is 21.8. The number of cyclic esters (lactones) is 1. The molecule has 2 aliphatic rings. The van der Waals surface area contributed by atoms with Crippen molar-refractivity contribution in [2.75, 3.05) is 25.6 Å². The summed E-state index contributed by atoms with van der Waals surface area (Å²) in [6.07, 6.45) is 7.16. The molecule has 23 heteroatoms. The molecule has 9 N–H and O–H groups in total. The molecule has 70 heavy (non-hydrogen) atoms. The van der Waals surface area contributed by atoms with E-state index in [4.69, 9.17) is 29.0 Å². The maximum Gasteiger partial charge on any atom is 0.481 e. The van der Waals surface area contributed by atoms with Crippen LogP contribution >= 0.6 is 15.6 Å². The predicted octanol–water partition coefficient (Wildman–Crippen LogP) is 6.07. The number of nitrogen functional groups attached to an aromatic ring is 1. The summed E-state index contributed by atoms with van der Waals surface area (Å²) in [6, 6.07) is 1.24. The maximum absolute atomic E-state index is 13.3. The summed E-state index contributed by atoms with van der Waals surface area (Å²) in [5.74, 6) is -3.41. The highest BCUT2D eigenvalue weighted by molar-refractivity contribution is 7.61. The molecule has 0 aromatic carbocycles. The first kappa shape index (κ1) is 61.4. The molecule has 3 rings (SSSR count). The zero-order chi connectivity index (χ0) is 51.7. The molecule has 1 fully saturated rings. The van der Waals surface area contributed by atoms with Crippen LogP contribution in [0.5, 0.6) is 0 Å². The number of rotatable bonds is 21. The van der Waals surface area contributed by atoms with Gasteiger partial charge in [0, 0.05) is 37.3 Å².